The second-order valence-corrected chi connectivity index (χ2v) is 3.60. The Hall–Kier alpha value is -1.30. The molecule has 1 aromatic rings. The number of hydrogen-bond acceptors (Lipinski definition) is 5. The highest BCUT2D eigenvalue weighted by atomic mass is 16.1. The summed E-state index contributed by atoms with van der Waals surface area (Å²) in [6, 6.07) is 0. The topological polar surface area (TPSA) is 72.7 Å². The van der Waals surface area contributed by atoms with Crippen molar-refractivity contribution in [1.82, 2.24) is 25.5 Å². The van der Waals surface area contributed by atoms with E-state index in [1.807, 2.05) is 6.92 Å². The molecule has 0 saturated carbocycles. The Balaban J connectivity index is 2.22. The number of aromatic nitrogens is 4. The van der Waals surface area contributed by atoms with Crippen LogP contribution in [0.25, 0.3) is 0 Å². The number of hydrogen-bond donors (Lipinski definition) is 1. The summed E-state index contributed by atoms with van der Waals surface area (Å²) >= 11 is 0. The van der Waals surface area contributed by atoms with E-state index >= 15 is 0 Å². The van der Waals surface area contributed by atoms with Gasteiger partial charge in [0.15, 0.2) is 0 Å². The van der Waals surface area contributed by atoms with E-state index < -0.39 is 0 Å². The molecule has 0 amide bonds. The average molecular weight is 181 g/mol. The van der Waals surface area contributed by atoms with Gasteiger partial charge >= 0.3 is 0 Å². The van der Waals surface area contributed by atoms with Gasteiger partial charge in [-0.2, -0.15) is 4.80 Å². The van der Waals surface area contributed by atoms with E-state index in [1.165, 1.54) is 4.80 Å². The number of nitrogens with zero attached hydrogens (tertiary/aromatic N) is 4. The van der Waals surface area contributed by atoms with Gasteiger partial charge in [-0.25, -0.2) is 0 Å². The van der Waals surface area contributed by atoms with Crippen molar-refractivity contribution >= 4 is 5.78 Å². The largest absolute Gasteiger partial charge is 0.315 e. The Bertz CT molecular complexity index is 340. The Morgan fingerprint density at radius 3 is 2.69 bits per heavy atom. The van der Waals surface area contributed by atoms with E-state index in [2.05, 4.69) is 20.7 Å². The lowest BCUT2D eigenvalue weighted by Crippen LogP contribution is -2.56. The molecule has 1 saturated heterocycles. The molecule has 0 bridgehead atoms. The first-order valence-electron chi connectivity index (χ1n) is 4.11. The zero-order chi connectivity index (χ0) is 9.47. The first kappa shape index (κ1) is 8.31. The number of carbonyl (C=O) groups excluding carboxylic acids is 1. The first-order chi connectivity index (χ1) is 6.12. The normalized spacial score (nSPS) is 19.5. The minimum atomic E-state index is -0.330. The maximum atomic E-state index is 11.7. The fraction of sp³-hybridized carbons (Fsp3) is 0.714. The van der Waals surface area contributed by atoms with Crippen LogP contribution in [0.2, 0.25) is 0 Å². The monoisotopic (exact) mass is 181 g/mol. The quantitative estimate of drug-likeness (QED) is 0.592. The number of rotatable bonds is 2. The standard InChI is InChI=1S/C7H11N5O/c1-7(3-8-4-7)5(13)6-9-11-12(2)10-6/h8H,3-4H2,1-2H3. The highest BCUT2D eigenvalue weighted by Crippen LogP contribution is 2.24. The molecular weight excluding hydrogens is 170 g/mol. The maximum absolute atomic E-state index is 11.7. The fourth-order valence-electron chi connectivity index (χ4n) is 1.31. The number of aryl methyl sites for hydroxylation is 1. The molecule has 2 heterocycles. The van der Waals surface area contributed by atoms with Crippen molar-refractivity contribution in [2.75, 3.05) is 13.1 Å². The fourth-order valence-corrected chi connectivity index (χ4v) is 1.31. The Morgan fingerprint density at radius 1 is 1.62 bits per heavy atom. The van der Waals surface area contributed by atoms with Crippen LogP contribution in [0, 0.1) is 5.41 Å². The molecule has 0 atom stereocenters. The van der Waals surface area contributed by atoms with Gasteiger partial charge in [0, 0.05) is 13.1 Å². The van der Waals surface area contributed by atoms with Gasteiger partial charge in [0.25, 0.3) is 0 Å². The van der Waals surface area contributed by atoms with E-state index in [0.29, 0.717) is 13.1 Å². The van der Waals surface area contributed by atoms with Crippen LogP contribution in [0.5, 0.6) is 0 Å². The number of ketones is 1. The Kier molecular flexibility index (Phi) is 1.66. The van der Waals surface area contributed by atoms with Crippen LogP contribution in [-0.4, -0.2) is 39.1 Å². The molecule has 0 aliphatic carbocycles. The molecule has 13 heavy (non-hydrogen) atoms. The molecule has 1 aliphatic rings. The SMILES string of the molecule is Cn1nnc(C(=O)C2(C)CNC2)n1. The summed E-state index contributed by atoms with van der Waals surface area (Å²) in [6.07, 6.45) is 0. The lowest BCUT2D eigenvalue weighted by atomic mass is 9.79. The van der Waals surface area contributed by atoms with E-state index in [4.69, 9.17) is 0 Å². The second-order valence-electron chi connectivity index (χ2n) is 3.60. The molecule has 0 unspecified atom stereocenters. The highest BCUT2D eigenvalue weighted by Gasteiger charge is 2.41. The first-order valence-corrected chi connectivity index (χ1v) is 4.11. The van der Waals surface area contributed by atoms with Gasteiger partial charge in [-0.15, -0.1) is 10.2 Å². The molecule has 1 aliphatic heterocycles. The minimum absolute atomic E-state index is 0.0284. The van der Waals surface area contributed by atoms with Crippen LogP contribution in [0.15, 0.2) is 0 Å². The predicted molar refractivity (Wildman–Crippen MR) is 44.1 cm³/mol. The summed E-state index contributed by atoms with van der Waals surface area (Å²) in [4.78, 5) is 13.0. The smallest absolute Gasteiger partial charge is 0.241 e. The highest BCUT2D eigenvalue weighted by molar-refractivity contribution is 5.97. The van der Waals surface area contributed by atoms with Crippen LogP contribution in [0.3, 0.4) is 0 Å². The molecule has 0 aromatic carbocycles. The number of nitrogens with one attached hydrogen (secondary N) is 1. The lowest BCUT2D eigenvalue weighted by molar-refractivity contribution is 0.0709. The molecule has 1 N–H and O–H groups in total. The van der Waals surface area contributed by atoms with Gasteiger partial charge in [0.05, 0.1) is 12.5 Å². The molecule has 70 valence electrons. The predicted octanol–water partition coefficient (Wildman–Crippen LogP) is -0.998. The van der Waals surface area contributed by atoms with E-state index in [0.717, 1.165) is 0 Å². The molecule has 6 nitrogen and oxygen atoms in total. The second kappa shape index (κ2) is 2.59. The minimum Gasteiger partial charge on any atom is -0.315 e. The number of tetrazole rings is 1. The van der Waals surface area contributed by atoms with Gasteiger partial charge in [0.2, 0.25) is 11.6 Å². The number of Topliss-reactive ketones (excluding diaryl/α,β-unsaturated/α-hetero) is 1. The van der Waals surface area contributed by atoms with Crippen molar-refractivity contribution in [2.45, 2.75) is 6.92 Å². The van der Waals surface area contributed by atoms with Crippen LogP contribution in [0.4, 0.5) is 0 Å². The van der Waals surface area contributed by atoms with Gasteiger partial charge in [-0.05, 0) is 12.1 Å². The van der Waals surface area contributed by atoms with Crippen LogP contribution in [-0.2, 0) is 7.05 Å². The average Bonchev–Trinajstić information content (AvgIpc) is 2.46. The summed E-state index contributed by atoms with van der Waals surface area (Å²) in [5.74, 6) is 0.186. The lowest BCUT2D eigenvalue weighted by Gasteiger charge is -2.36. The van der Waals surface area contributed by atoms with Crippen molar-refractivity contribution in [3.8, 4) is 0 Å². The van der Waals surface area contributed by atoms with Crippen molar-refractivity contribution in [3.63, 3.8) is 0 Å². The summed E-state index contributed by atoms with van der Waals surface area (Å²) in [7, 11) is 1.64. The molecule has 6 heteroatoms. The summed E-state index contributed by atoms with van der Waals surface area (Å²) in [5, 5.41) is 14.2. The van der Waals surface area contributed by atoms with Crippen LogP contribution < -0.4 is 5.32 Å². The van der Waals surface area contributed by atoms with Crippen molar-refractivity contribution in [3.05, 3.63) is 5.82 Å². The van der Waals surface area contributed by atoms with Crippen molar-refractivity contribution < 1.29 is 4.79 Å². The summed E-state index contributed by atoms with van der Waals surface area (Å²) in [6.45, 7) is 3.30. The van der Waals surface area contributed by atoms with Crippen molar-refractivity contribution in [2.24, 2.45) is 12.5 Å². The van der Waals surface area contributed by atoms with E-state index in [9.17, 15) is 4.79 Å². The van der Waals surface area contributed by atoms with Gasteiger partial charge in [-0.1, -0.05) is 0 Å². The molecule has 0 radical (unpaired) electrons. The van der Waals surface area contributed by atoms with Crippen LogP contribution in [0.1, 0.15) is 17.5 Å². The van der Waals surface area contributed by atoms with E-state index in [1.54, 1.807) is 7.05 Å². The zero-order valence-corrected chi connectivity index (χ0v) is 7.61. The Morgan fingerprint density at radius 2 is 2.31 bits per heavy atom. The summed E-state index contributed by atoms with van der Waals surface area (Å²) in [5.41, 5.74) is -0.330. The van der Waals surface area contributed by atoms with E-state index in [-0.39, 0.29) is 17.0 Å². The number of carbonyl (C=O) groups is 1. The molecule has 1 aromatic heterocycles. The third-order valence-electron chi connectivity index (χ3n) is 2.29. The Labute approximate surface area is 75.3 Å². The third kappa shape index (κ3) is 1.23. The van der Waals surface area contributed by atoms with Gasteiger partial charge < -0.3 is 5.32 Å². The van der Waals surface area contributed by atoms with Gasteiger partial charge in [0.1, 0.15) is 0 Å². The molecule has 2 rings (SSSR count). The molecule has 0 spiro atoms. The maximum Gasteiger partial charge on any atom is 0.241 e. The molecular formula is C7H11N5O. The van der Waals surface area contributed by atoms with Gasteiger partial charge in [-0.3, -0.25) is 4.79 Å². The van der Waals surface area contributed by atoms with Crippen LogP contribution >= 0.6 is 0 Å². The van der Waals surface area contributed by atoms with Crippen molar-refractivity contribution in [1.29, 1.82) is 0 Å². The summed E-state index contributed by atoms with van der Waals surface area (Å²) < 4.78 is 0. The third-order valence-corrected chi connectivity index (χ3v) is 2.29. The zero-order valence-electron chi connectivity index (χ0n) is 7.61. The molecule has 1 fully saturated rings.